The van der Waals surface area contributed by atoms with E-state index in [2.05, 4.69) is 9.97 Å². The molecule has 96 valence electrons. The lowest BCUT2D eigenvalue weighted by Gasteiger charge is -2.19. The van der Waals surface area contributed by atoms with Crippen molar-refractivity contribution in [3.8, 4) is 6.07 Å². The van der Waals surface area contributed by atoms with Crippen molar-refractivity contribution in [2.45, 2.75) is 26.2 Å². The van der Waals surface area contributed by atoms with E-state index in [9.17, 15) is 4.79 Å². The molecule has 0 amide bonds. The van der Waals surface area contributed by atoms with Gasteiger partial charge in [-0.3, -0.25) is 0 Å². The molecular formula is C12H16N4O2. The summed E-state index contributed by atoms with van der Waals surface area (Å²) in [7, 11) is 1.72. The van der Waals surface area contributed by atoms with Gasteiger partial charge in [0.05, 0.1) is 24.4 Å². The zero-order valence-corrected chi connectivity index (χ0v) is 10.7. The Morgan fingerprint density at radius 1 is 1.61 bits per heavy atom. The summed E-state index contributed by atoms with van der Waals surface area (Å²) in [6.07, 6.45) is 1.82. The molecule has 1 rings (SSSR count). The molecule has 18 heavy (non-hydrogen) atoms. The Morgan fingerprint density at radius 2 is 2.28 bits per heavy atom. The van der Waals surface area contributed by atoms with Crippen LogP contribution in [0.15, 0.2) is 6.20 Å². The molecule has 0 saturated heterocycles. The highest BCUT2D eigenvalue weighted by molar-refractivity contribution is 5.91. The highest BCUT2D eigenvalue weighted by Crippen LogP contribution is 2.19. The van der Waals surface area contributed by atoms with Crippen molar-refractivity contribution in [1.29, 1.82) is 5.26 Å². The Bertz CT molecular complexity index is 479. The second-order valence-electron chi connectivity index (χ2n) is 4.25. The van der Waals surface area contributed by atoms with Gasteiger partial charge in [0.25, 0.3) is 0 Å². The van der Waals surface area contributed by atoms with Crippen molar-refractivity contribution in [3.05, 3.63) is 17.7 Å². The lowest BCUT2D eigenvalue weighted by atomic mass is 10.2. The Morgan fingerprint density at radius 3 is 2.78 bits per heavy atom. The highest BCUT2D eigenvalue weighted by Gasteiger charge is 2.18. The fraction of sp³-hybridized carbons (Fsp3) is 0.500. The van der Waals surface area contributed by atoms with Crippen LogP contribution in [-0.2, 0) is 0 Å². The Hall–Kier alpha value is -2.16. The van der Waals surface area contributed by atoms with Crippen molar-refractivity contribution in [2.75, 3.05) is 18.5 Å². The summed E-state index contributed by atoms with van der Waals surface area (Å²) < 4.78 is 0. The van der Waals surface area contributed by atoms with Crippen molar-refractivity contribution >= 4 is 11.7 Å². The van der Waals surface area contributed by atoms with Crippen molar-refractivity contribution in [2.24, 2.45) is 0 Å². The lowest BCUT2D eigenvalue weighted by molar-refractivity contribution is 0.0690. The predicted molar refractivity (Wildman–Crippen MR) is 66.6 cm³/mol. The van der Waals surface area contributed by atoms with Crippen LogP contribution in [0.5, 0.6) is 0 Å². The SMILES string of the molecule is CC(C)c1ncc(N(C)CCC#N)c(C(=O)O)n1. The number of anilines is 1. The van der Waals surface area contributed by atoms with Gasteiger partial charge in [0.2, 0.25) is 0 Å². The zero-order valence-electron chi connectivity index (χ0n) is 10.7. The first-order chi connectivity index (χ1) is 8.47. The van der Waals surface area contributed by atoms with Gasteiger partial charge in [-0.2, -0.15) is 5.26 Å². The highest BCUT2D eigenvalue weighted by atomic mass is 16.4. The average molecular weight is 248 g/mol. The van der Waals surface area contributed by atoms with Crippen LogP contribution < -0.4 is 4.90 Å². The molecule has 0 spiro atoms. The summed E-state index contributed by atoms with van der Waals surface area (Å²) in [5, 5.41) is 17.7. The van der Waals surface area contributed by atoms with Crippen LogP contribution in [0, 0.1) is 11.3 Å². The van der Waals surface area contributed by atoms with Crippen LogP contribution in [-0.4, -0.2) is 34.6 Å². The molecule has 0 radical (unpaired) electrons. The van der Waals surface area contributed by atoms with Gasteiger partial charge in [-0.1, -0.05) is 13.8 Å². The second-order valence-corrected chi connectivity index (χ2v) is 4.25. The van der Waals surface area contributed by atoms with Gasteiger partial charge in [-0.15, -0.1) is 0 Å². The number of carbonyl (C=O) groups is 1. The van der Waals surface area contributed by atoms with E-state index in [1.54, 1.807) is 11.9 Å². The second kappa shape index (κ2) is 5.96. The first-order valence-electron chi connectivity index (χ1n) is 5.65. The molecular weight excluding hydrogens is 232 g/mol. The maximum atomic E-state index is 11.2. The standard InChI is InChI=1S/C12H16N4O2/c1-8(2)11-14-7-9(10(15-11)12(17)18)16(3)6-4-5-13/h7-8H,4,6H2,1-3H3,(H,17,18). The summed E-state index contributed by atoms with van der Waals surface area (Å²) in [6, 6.07) is 2.02. The minimum atomic E-state index is -1.09. The van der Waals surface area contributed by atoms with E-state index in [4.69, 9.17) is 10.4 Å². The van der Waals surface area contributed by atoms with Crippen LogP contribution in [0.4, 0.5) is 5.69 Å². The molecule has 1 aromatic heterocycles. The Labute approximate surface area is 106 Å². The van der Waals surface area contributed by atoms with E-state index in [0.717, 1.165) is 0 Å². The zero-order chi connectivity index (χ0) is 13.7. The largest absolute Gasteiger partial charge is 0.476 e. The van der Waals surface area contributed by atoms with Crippen molar-refractivity contribution in [3.63, 3.8) is 0 Å². The van der Waals surface area contributed by atoms with E-state index in [1.165, 1.54) is 6.20 Å². The third kappa shape index (κ3) is 3.17. The molecule has 1 heterocycles. The van der Waals surface area contributed by atoms with Gasteiger partial charge in [-0.05, 0) is 0 Å². The van der Waals surface area contributed by atoms with E-state index in [0.29, 0.717) is 24.5 Å². The average Bonchev–Trinajstić information content (AvgIpc) is 2.34. The van der Waals surface area contributed by atoms with Gasteiger partial charge in [0.15, 0.2) is 5.69 Å². The van der Waals surface area contributed by atoms with E-state index >= 15 is 0 Å². The molecule has 1 aromatic rings. The molecule has 0 aliphatic heterocycles. The van der Waals surface area contributed by atoms with Gasteiger partial charge >= 0.3 is 5.97 Å². The molecule has 0 saturated carbocycles. The molecule has 0 unspecified atom stereocenters. The van der Waals surface area contributed by atoms with Crippen molar-refractivity contribution in [1.82, 2.24) is 9.97 Å². The molecule has 0 aliphatic rings. The summed E-state index contributed by atoms with van der Waals surface area (Å²) >= 11 is 0. The minimum Gasteiger partial charge on any atom is -0.476 e. The minimum absolute atomic E-state index is 0.0193. The van der Waals surface area contributed by atoms with Crippen LogP contribution in [0.1, 0.15) is 42.5 Å². The fourth-order valence-corrected chi connectivity index (χ4v) is 1.44. The van der Waals surface area contributed by atoms with Crippen LogP contribution >= 0.6 is 0 Å². The number of nitriles is 1. The summed E-state index contributed by atoms with van der Waals surface area (Å²) in [6.45, 7) is 4.25. The number of hydrogen-bond acceptors (Lipinski definition) is 5. The monoisotopic (exact) mass is 248 g/mol. The smallest absolute Gasteiger partial charge is 0.356 e. The third-order valence-corrected chi connectivity index (χ3v) is 2.48. The molecule has 0 atom stereocenters. The van der Waals surface area contributed by atoms with Gasteiger partial charge in [0, 0.05) is 19.5 Å². The van der Waals surface area contributed by atoms with E-state index in [1.807, 2.05) is 19.9 Å². The quantitative estimate of drug-likeness (QED) is 0.852. The topological polar surface area (TPSA) is 90.1 Å². The number of carboxylic acids is 1. The van der Waals surface area contributed by atoms with Crippen molar-refractivity contribution < 1.29 is 9.90 Å². The van der Waals surface area contributed by atoms with Gasteiger partial charge < -0.3 is 10.0 Å². The number of hydrogen-bond donors (Lipinski definition) is 1. The molecule has 1 N–H and O–H groups in total. The number of carboxylic acid groups (broad SMARTS) is 1. The number of rotatable bonds is 5. The number of aromatic nitrogens is 2. The first kappa shape index (κ1) is 13.9. The summed E-state index contributed by atoms with van der Waals surface area (Å²) in [4.78, 5) is 21.1. The third-order valence-electron chi connectivity index (χ3n) is 2.48. The lowest BCUT2D eigenvalue weighted by Crippen LogP contribution is -2.22. The maximum absolute atomic E-state index is 11.2. The van der Waals surface area contributed by atoms with Gasteiger partial charge in [0.1, 0.15) is 5.82 Å². The van der Waals surface area contributed by atoms with E-state index < -0.39 is 5.97 Å². The fourth-order valence-electron chi connectivity index (χ4n) is 1.44. The van der Waals surface area contributed by atoms with E-state index in [-0.39, 0.29) is 11.6 Å². The number of nitrogens with zero attached hydrogens (tertiary/aromatic N) is 4. The summed E-state index contributed by atoms with van der Waals surface area (Å²) in [5.74, 6) is -0.510. The Kier molecular flexibility index (Phi) is 4.60. The molecule has 0 aliphatic carbocycles. The molecule has 0 bridgehead atoms. The maximum Gasteiger partial charge on any atom is 0.356 e. The molecule has 0 aromatic carbocycles. The van der Waals surface area contributed by atoms with Crippen LogP contribution in [0.3, 0.4) is 0 Å². The predicted octanol–water partition coefficient (Wildman–Crippen LogP) is 1.65. The van der Waals surface area contributed by atoms with Gasteiger partial charge in [-0.25, -0.2) is 14.8 Å². The molecule has 6 nitrogen and oxygen atoms in total. The first-order valence-corrected chi connectivity index (χ1v) is 5.65. The molecule has 6 heteroatoms. The number of aromatic carboxylic acids is 1. The van der Waals surface area contributed by atoms with Crippen LogP contribution in [0.25, 0.3) is 0 Å². The molecule has 0 fully saturated rings. The van der Waals surface area contributed by atoms with Crippen LogP contribution in [0.2, 0.25) is 0 Å². The normalized spacial score (nSPS) is 10.2. The Balaban J connectivity index is 3.12. The summed E-state index contributed by atoms with van der Waals surface area (Å²) in [5.41, 5.74) is 0.413.